The number of likely N-dealkylation sites (tertiary alicyclic amines) is 1. The summed E-state index contributed by atoms with van der Waals surface area (Å²) < 4.78 is 0. The molecule has 1 aromatic carbocycles. The zero-order valence-electron chi connectivity index (χ0n) is 12.4. The summed E-state index contributed by atoms with van der Waals surface area (Å²) >= 11 is 6.00. The molecule has 2 aliphatic heterocycles. The van der Waals surface area contributed by atoms with Crippen molar-refractivity contribution in [1.82, 2.24) is 15.2 Å². The molecule has 2 fully saturated rings. The van der Waals surface area contributed by atoms with Crippen LogP contribution in [0.3, 0.4) is 0 Å². The van der Waals surface area contributed by atoms with E-state index in [1.165, 1.54) is 0 Å². The number of carbonyl (C=O) groups excluding carboxylic acids is 1. The molecule has 2 aliphatic rings. The maximum absolute atomic E-state index is 12.6. The maximum Gasteiger partial charge on any atom is 0.272 e. The molecule has 0 bridgehead atoms. The number of nitrogens with one attached hydrogen (secondary N) is 1. The van der Waals surface area contributed by atoms with Gasteiger partial charge in [0.15, 0.2) is 0 Å². The van der Waals surface area contributed by atoms with Crippen LogP contribution in [0.15, 0.2) is 30.3 Å². The molecule has 7 heteroatoms. The Balaban J connectivity index is 0.000000960. The second-order valence-corrected chi connectivity index (χ2v) is 6.36. The van der Waals surface area contributed by atoms with Gasteiger partial charge in [0.25, 0.3) is 5.91 Å². The van der Waals surface area contributed by atoms with Crippen molar-refractivity contribution in [3.63, 3.8) is 0 Å². The fourth-order valence-corrected chi connectivity index (χ4v) is 3.56. The SMILES string of the molecule is Cl.Cl.O=C(c1ccc2ccc(Cl)cc2n1)N1C[C@H]2CNC[C@H]2C1. The Labute approximate surface area is 152 Å². The van der Waals surface area contributed by atoms with E-state index < -0.39 is 0 Å². The highest BCUT2D eigenvalue weighted by Gasteiger charge is 2.38. The zero-order chi connectivity index (χ0) is 14.4. The van der Waals surface area contributed by atoms with Crippen molar-refractivity contribution in [3.8, 4) is 0 Å². The third kappa shape index (κ3) is 3.41. The van der Waals surface area contributed by atoms with Crippen LogP contribution < -0.4 is 5.32 Å². The topological polar surface area (TPSA) is 45.2 Å². The number of aromatic nitrogens is 1. The van der Waals surface area contributed by atoms with Crippen LogP contribution in [0.4, 0.5) is 0 Å². The molecule has 1 aromatic heterocycles. The van der Waals surface area contributed by atoms with E-state index >= 15 is 0 Å². The molecule has 0 unspecified atom stereocenters. The first-order valence-electron chi connectivity index (χ1n) is 7.27. The molecule has 2 aromatic rings. The molecular formula is C16H18Cl3N3O. The van der Waals surface area contributed by atoms with E-state index in [2.05, 4.69) is 10.3 Å². The highest BCUT2D eigenvalue weighted by Crippen LogP contribution is 2.27. The van der Waals surface area contributed by atoms with Crippen LogP contribution in [0.5, 0.6) is 0 Å². The van der Waals surface area contributed by atoms with Gasteiger partial charge in [0.05, 0.1) is 5.52 Å². The highest BCUT2D eigenvalue weighted by atomic mass is 35.5. The minimum absolute atomic E-state index is 0. The number of hydrogen-bond donors (Lipinski definition) is 1. The van der Waals surface area contributed by atoms with Gasteiger partial charge in [-0.15, -0.1) is 24.8 Å². The third-order valence-electron chi connectivity index (χ3n) is 4.55. The first kappa shape index (κ1) is 18.3. The van der Waals surface area contributed by atoms with Gasteiger partial charge in [-0.3, -0.25) is 4.79 Å². The van der Waals surface area contributed by atoms with Crippen molar-refractivity contribution in [1.29, 1.82) is 0 Å². The van der Waals surface area contributed by atoms with E-state index in [0.29, 0.717) is 22.6 Å². The third-order valence-corrected chi connectivity index (χ3v) is 4.79. The summed E-state index contributed by atoms with van der Waals surface area (Å²) in [5.41, 5.74) is 1.28. The summed E-state index contributed by atoms with van der Waals surface area (Å²) in [7, 11) is 0. The van der Waals surface area contributed by atoms with E-state index in [9.17, 15) is 4.79 Å². The molecule has 1 N–H and O–H groups in total. The molecule has 0 aliphatic carbocycles. The Hall–Kier alpha value is -1.07. The smallest absolute Gasteiger partial charge is 0.272 e. The summed E-state index contributed by atoms with van der Waals surface area (Å²) in [6.45, 7) is 3.72. The van der Waals surface area contributed by atoms with E-state index in [4.69, 9.17) is 11.6 Å². The monoisotopic (exact) mass is 373 g/mol. The summed E-state index contributed by atoms with van der Waals surface area (Å²) in [6.07, 6.45) is 0. The van der Waals surface area contributed by atoms with E-state index in [1.807, 2.05) is 29.2 Å². The van der Waals surface area contributed by atoms with Gasteiger partial charge in [-0.25, -0.2) is 4.98 Å². The molecule has 1 amide bonds. The normalized spacial score (nSPS) is 22.4. The molecule has 23 heavy (non-hydrogen) atoms. The molecule has 4 nitrogen and oxygen atoms in total. The van der Waals surface area contributed by atoms with Gasteiger partial charge in [-0.05, 0) is 30.0 Å². The number of nitrogens with zero attached hydrogens (tertiary/aromatic N) is 2. The summed E-state index contributed by atoms with van der Waals surface area (Å²) in [5, 5.41) is 5.02. The lowest BCUT2D eigenvalue weighted by molar-refractivity contribution is 0.0776. The van der Waals surface area contributed by atoms with Gasteiger partial charge in [0, 0.05) is 36.6 Å². The van der Waals surface area contributed by atoms with Crippen LogP contribution in [0.2, 0.25) is 5.02 Å². The van der Waals surface area contributed by atoms with E-state index in [0.717, 1.165) is 37.1 Å². The van der Waals surface area contributed by atoms with Gasteiger partial charge in [0.1, 0.15) is 5.69 Å². The Morgan fingerprint density at radius 2 is 1.78 bits per heavy atom. The minimum atomic E-state index is 0. The number of carbonyl (C=O) groups is 1. The number of amides is 1. The second-order valence-electron chi connectivity index (χ2n) is 5.92. The Kier molecular flexibility index (Phi) is 5.74. The van der Waals surface area contributed by atoms with Crippen LogP contribution in [0.25, 0.3) is 10.9 Å². The van der Waals surface area contributed by atoms with Gasteiger partial charge < -0.3 is 10.2 Å². The summed E-state index contributed by atoms with van der Waals surface area (Å²) in [4.78, 5) is 19.0. The van der Waals surface area contributed by atoms with Gasteiger partial charge in [-0.1, -0.05) is 23.7 Å². The number of hydrogen-bond acceptors (Lipinski definition) is 3. The summed E-state index contributed by atoms with van der Waals surface area (Å²) in [5.74, 6) is 1.24. The van der Waals surface area contributed by atoms with Crippen LogP contribution in [0.1, 0.15) is 10.5 Å². The van der Waals surface area contributed by atoms with Crippen molar-refractivity contribution in [2.75, 3.05) is 26.2 Å². The lowest BCUT2D eigenvalue weighted by Crippen LogP contribution is -2.32. The molecule has 3 heterocycles. The minimum Gasteiger partial charge on any atom is -0.337 e. The number of rotatable bonds is 1. The number of fused-ring (bicyclic) bond motifs is 2. The van der Waals surface area contributed by atoms with Crippen LogP contribution >= 0.6 is 36.4 Å². The molecule has 124 valence electrons. The maximum atomic E-state index is 12.6. The number of halogens is 3. The largest absolute Gasteiger partial charge is 0.337 e. The molecule has 0 spiro atoms. The lowest BCUT2D eigenvalue weighted by atomic mass is 10.0. The second kappa shape index (κ2) is 7.22. The predicted octanol–water partition coefficient (Wildman–Crippen LogP) is 3.02. The lowest BCUT2D eigenvalue weighted by Gasteiger charge is -2.17. The average Bonchev–Trinajstić information content (AvgIpc) is 3.06. The molecule has 0 saturated carbocycles. The molecule has 2 atom stereocenters. The van der Waals surface area contributed by atoms with Crippen LogP contribution in [-0.2, 0) is 0 Å². The first-order chi connectivity index (χ1) is 10.2. The predicted molar refractivity (Wildman–Crippen MR) is 97.0 cm³/mol. The van der Waals surface area contributed by atoms with Crippen molar-refractivity contribution >= 4 is 53.2 Å². The number of pyridine rings is 1. The van der Waals surface area contributed by atoms with E-state index in [-0.39, 0.29) is 30.7 Å². The zero-order valence-corrected chi connectivity index (χ0v) is 14.8. The molecular weight excluding hydrogens is 357 g/mol. The first-order valence-corrected chi connectivity index (χ1v) is 7.65. The highest BCUT2D eigenvalue weighted by molar-refractivity contribution is 6.31. The standard InChI is InChI=1S/C16H16ClN3O.2ClH/c17-13-3-1-10-2-4-14(19-15(10)5-13)16(21)20-8-11-6-18-7-12(11)9-20;;/h1-5,11-12,18H,6-9H2;2*1H/t11-,12+;;. The average molecular weight is 375 g/mol. The van der Waals surface area contributed by atoms with Gasteiger partial charge in [-0.2, -0.15) is 0 Å². The Bertz CT molecular complexity index is 713. The summed E-state index contributed by atoms with van der Waals surface area (Å²) in [6, 6.07) is 9.30. The molecule has 4 rings (SSSR count). The fourth-order valence-electron chi connectivity index (χ4n) is 3.39. The van der Waals surface area contributed by atoms with Gasteiger partial charge in [0.2, 0.25) is 0 Å². The van der Waals surface area contributed by atoms with Crippen LogP contribution in [0, 0.1) is 11.8 Å². The Morgan fingerprint density at radius 1 is 1.13 bits per heavy atom. The quantitative estimate of drug-likeness (QED) is 0.834. The van der Waals surface area contributed by atoms with Crippen molar-refractivity contribution in [3.05, 3.63) is 41.0 Å². The van der Waals surface area contributed by atoms with Crippen LogP contribution in [-0.4, -0.2) is 42.0 Å². The van der Waals surface area contributed by atoms with Crippen molar-refractivity contribution in [2.45, 2.75) is 0 Å². The molecule has 0 radical (unpaired) electrons. The Morgan fingerprint density at radius 3 is 2.48 bits per heavy atom. The fraction of sp³-hybridized carbons (Fsp3) is 0.375. The van der Waals surface area contributed by atoms with Gasteiger partial charge >= 0.3 is 0 Å². The molecule has 2 saturated heterocycles. The van der Waals surface area contributed by atoms with Crippen molar-refractivity contribution < 1.29 is 4.79 Å². The number of benzene rings is 1. The van der Waals surface area contributed by atoms with Crippen molar-refractivity contribution in [2.24, 2.45) is 11.8 Å². The van der Waals surface area contributed by atoms with E-state index in [1.54, 1.807) is 6.07 Å².